The molecule has 1 aromatic heterocycles. The molecule has 1 saturated carbocycles. The van der Waals surface area contributed by atoms with Crippen molar-refractivity contribution in [3.05, 3.63) is 30.3 Å². The summed E-state index contributed by atoms with van der Waals surface area (Å²) < 4.78 is 0. The van der Waals surface area contributed by atoms with E-state index in [4.69, 9.17) is 5.73 Å². The maximum absolute atomic E-state index is 5.61. The molecule has 0 amide bonds. The predicted octanol–water partition coefficient (Wildman–Crippen LogP) is 3.69. The van der Waals surface area contributed by atoms with Crippen LogP contribution in [0.15, 0.2) is 35.2 Å². The molecule has 1 aliphatic rings. The second-order valence-corrected chi connectivity index (χ2v) is 6.13. The van der Waals surface area contributed by atoms with Gasteiger partial charge in [0, 0.05) is 16.2 Å². The van der Waals surface area contributed by atoms with E-state index in [0.717, 1.165) is 16.5 Å². The van der Waals surface area contributed by atoms with Gasteiger partial charge in [-0.2, -0.15) is 5.10 Å². The van der Waals surface area contributed by atoms with Gasteiger partial charge in [-0.15, -0.1) is 11.8 Å². The lowest BCUT2D eigenvalue weighted by molar-refractivity contribution is 0.886. The van der Waals surface area contributed by atoms with E-state index in [1.165, 1.54) is 30.6 Å². The summed E-state index contributed by atoms with van der Waals surface area (Å²) in [6.45, 7) is 0. The number of rotatable bonds is 3. The molecule has 0 saturated heterocycles. The molecule has 0 unspecified atom stereocenters. The van der Waals surface area contributed by atoms with Crippen LogP contribution in [0.1, 0.15) is 25.7 Å². The fraction of sp³-hybridized carbons (Fsp3) is 0.357. The minimum absolute atomic E-state index is 0.536. The molecule has 1 aromatic carbocycles. The van der Waals surface area contributed by atoms with E-state index >= 15 is 0 Å². The Kier molecular flexibility index (Phi) is 3.28. The lowest BCUT2D eigenvalue weighted by atomic mass is 10.1. The summed E-state index contributed by atoms with van der Waals surface area (Å²) in [4.78, 5) is 1.36. The number of aromatic amines is 1. The molecule has 3 rings (SSSR count). The number of anilines is 1. The topological polar surface area (TPSA) is 54.7 Å². The van der Waals surface area contributed by atoms with Gasteiger partial charge in [0.05, 0.1) is 5.69 Å². The SMILES string of the molecule is Nc1cc(-c2ccc(SC3CCCC3)cc2)[nH]n1. The van der Waals surface area contributed by atoms with Crippen LogP contribution in [0.5, 0.6) is 0 Å². The third-order valence-electron chi connectivity index (χ3n) is 3.37. The van der Waals surface area contributed by atoms with Gasteiger partial charge in [-0.1, -0.05) is 25.0 Å². The van der Waals surface area contributed by atoms with Crippen molar-refractivity contribution in [2.45, 2.75) is 35.8 Å². The molecule has 0 atom stereocenters. The zero-order chi connectivity index (χ0) is 12.4. The molecule has 3 N–H and O–H groups in total. The molecule has 94 valence electrons. The van der Waals surface area contributed by atoms with E-state index in [1.54, 1.807) is 0 Å². The van der Waals surface area contributed by atoms with Crippen molar-refractivity contribution in [3.63, 3.8) is 0 Å². The maximum atomic E-state index is 5.61. The summed E-state index contributed by atoms with van der Waals surface area (Å²) in [6, 6.07) is 10.5. The van der Waals surface area contributed by atoms with Gasteiger partial charge in [-0.25, -0.2) is 0 Å². The van der Waals surface area contributed by atoms with E-state index in [9.17, 15) is 0 Å². The Morgan fingerprint density at radius 2 is 1.89 bits per heavy atom. The average Bonchev–Trinajstić information content (AvgIpc) is 3.02. The highest BCUT2D eigenvalue weighted by atomic mass is 32.2. The summed E-state index contributed by atoms with van der Waals surface area (Å²) in [5.41, 5.74) is 7.72. The maximum Gasteiger partial charge on any atom is 0.145 e. The van der Waals surface area contributed by atoms with Crippen molar-refractivity contribution in [1.29, 1.82) is 0 Å². The van der Waals surface area contributed by atoms with Gasteiger partial charge in [0.1, 0.15) is 5.82 Å². The third kappa shape index (κ3) is 2.53. The van der Waals surface area contributed by atoms with Crippen LogP contribution in [-0.2, 0) is 0 Å². The first kappa shape index (κ1) is 11.7. The van der Waals surface area contributed by atoms with E-state index < -0.39 is 0 Å². The normalized spacial score (nSPS) is 16.2. The smallest absolute Gasteiger partial charge is 0.145 e. The Balaban J connectivity index is 1.72. The highest BCUT2D eigenvalue weighted by Crippen LogP contribution is 2.35. The predicted molar refractivity (Wildman–Crippen MR) is 76.5 cm³/mol. The molecule has 2 aromatic rings. The molecule has 0 radical (unpaired) electrons. The second kappa shape index (κ2) is 5.06. The summed E-state index contributed by atoms with van der Waals surface area (Å²) in [7, 11) is 0. The van der Waals surface area contributed by atoms with Gasteiger partial charge >= 0.3 is 0 Å². The fourth-order valence-corrected chi connectivity index (χ4v) is 3.64. The van der Waals surface area contributed by atoms with Gasteiger partial charge in [0.2, 0.25) is 0 Å². The van der Waals surface area contributed by atoms with Crippen molar-refractivity contribution >= 4 is 17.6 Å². The first-order valence-electron chi connectivity index (χ1n) is 6.39. The van der Waals surface area contributed by atoms with E-state index in [2.05, 4.69) is 34.5 Å². The van der Waals surface area contributed by atoms with Crippen molar-refractivity contribution in [1.82, 2.24) is 10.2 Å². The summed E-state index contributed by atoms with van der Waals surface area (Å²) >= 11 is 2.01. The lowest BCUT2D eigenvalue weighted by Gasteiger charge is -2.08. The molecule has 0 aliphatic heterocycles. The number of nitrogen functional groups attached to an aromatic ring is 1. The Morgan fingerprint density at radius 1 is 1.17 bits per heavy atom. The highest BCUT2D eigenvalue weighted by Gasteiger charge is 2.15. The van der Waals surface area contributed by atoms with E-state index in [-0.39, 0.29) is 0 Å². The largest absolute Gasteiger partial charge is 0.382 e. The van der Waals surface area contributed by atoms with Crippen LogP contribution in [0.2, 0.25) is 0 Å². The van der Waals surface area contributed by atoms with Crippen molar-refractivity contribution in [2.75, 3.05) is 5.73 Å². The lowest BCUT2D eigenvalue weighted by Crippen LogP contribution is -1.92. The number of nitrogens with zero attached hydrogens (tertiary/aromatic N) is 1. The Bertz CT molecular complexity index is 512. The zero-order valence-corrected chi connectivity index (χ0v) is 11.0. The van der Waals surface area contributed by atoms with Crippen molar-refractivity contribution < 1.29 is 0 Å². The number of H-pyrrole nitrogens is 1. The van der Waals surface area contributed by atoms with Gasteiger partial charge in [-0.3, -0.25) is 5.10 Å². The number of hydrogen-bond acceptors (Lipinski definition) is 3. The van der Waals surface area contributed by atoms with Crippen molar-refractivity contribution in [3.8, 4) is 11.3 Å². The van der Waals surface area contributed by atoms with Crippen LogP contribution in [0.25, 0.3) is 11.3 Å². The van der Waals surface area contributed by atoms with Gasteiger partial charge in [0.15, 0.2) is 0 Å². The Hall–Kier alpha value is -1.42. The third-order valence-corrected chi connectivity index (χ3v) is 4.72. The molecule has 1 aliphatic carbocycles. The molecule has 1 fully saturated rings. The molecule has 3 nitrogen and oxygen atoms in total. The molecule has 18 heavy (non-hydrogen) atoms. The number of thioether (sulfide) groups is 1. The first-order chi connectivity index (χ1) is 8.81. The Morgan fingerprint density at radius 3 is 2.50 bits per heavy atom. The quantitative estimate of drug-likeness (QED) is 0.883. The fourth-order valence-electron chi connectivity index (χ4n) is 2.40. The molecule has 0 spiro atoms. The number of nitrogens with one attached hydrogen (secondary N) is 1. The molecular formula is C14H17N3S. The standard InChI is InChI=1S/C14H17N3S/c15-14-9-13(16-17-14)10-5-7-12(8-6-10)18-11-3-1-2-4-11/h5-9,11H,1-4H2,(H3,15,16,17). The Labute approximate surface area is 111 Å². The zero-order valence-electron chi connectivity index (χ0n) is 10.2. The van der Waals surface area contributed by atoms with Gasteiger partial charge in [0.25, 0.3) is 0 Å². The van der Waals surface area contributed by atoms with Crippen LogP contribution >= 0.6 is 11.8 Å². The van der Waals surface area contributed by atoms with E-state index in [0.29, 0.717) is 5.82 Å². The minimum Gasteiger partial charge on any atom is -0.382 e. The highest BCUT2D eigenvalue weighted by molar-refractivity contribution is 8.00. The minimum atomic E-state index is 0.536. The summed E-state index contributed by atoms with van der Waals surface area (Å²) in [6.07, 6.45) is 5.51. The van der Waals surface area contributed by atoms with E-state index in [1.807, 2.05) is 17.8 Å². The van der Waals surface area contributed by atoms with Crippen LogP contribution < -0.4 is 5.73 Å². The number of hydrogen-bond donors (Lipinski definition) is 2. The van der Waals surface area contributed by atoms with Gasteiger partial charge in [-0.05, 0) is 30.5 Å². The second-order valence-electron chi connectivity index (χ2n) is 4.76. The molecular weight excluding hydrogens is 242 g/mol. The molecule has 4 heteroatoms. The first-order valence-corrected chi connectivity index (χ1v) is 7.27. The van der Waals surface area contributed by atoms with Crippen LogP contribution in [0, 0.1) is 0 Å². The van der Waals surface area contributed by atoms with Crippen LogP contribution in [-0.4, -0.2) is 15.4 Å². The number of aromatic nitrogens is 2. The summed E-state index contributed by atoms with van der Waals surface area (Å²) in [5, 5.41) is 7.70. The van der Waals surface area contributed by atoms with Crippen LogP contribution in [0.3, 0.4) is 0 Å². The number of nitrogens with two attached hydrogens (primary N) is 1. The molecule has 0 bridgehead atoms. The monoisotopic (exact) mass is 259 g/mol. The number of benzene rings is 1. The molecule has 1 heterocycles. The average molecular weight is 259 g/mol. The van der Waals surface area contributed by atoms with Crippen LogP contribution in [0.4, 0.5) is 5.82 Å². The summed E-state index contributed by atoms with van der Waals surface area (Å²) in [5.74, 6) is 0.536. The van der Waals surface area contributed by atoms with Gasteiger partial charge < -0.3 is 5.73 Å². The van der Waals surface area contributed by atoms with Crippen molar-refractivity contribution in [2.24, 2.45) is 0 Å².